The van der Waals surface area contributed by atoms with Gasteiger partial charge in [-0.1, -0.05) is 27.2 Å². The molecule has 1 aromatic heterocycles. The van der Waals surface area contributed by atoms with Gasteiger partial charge in [-0.05, 0) is 37.0 Å². The monoisotopic (exact) mass is 1340 g/mol. The van der Waals surface area contributed by atoms with Gasteiger partial charge < -0.3 is 114 Å². The van der Waals surface area contributed by atoms with Crippen LogP contribution in [-0.4, -0.2) is 248 Å². The summed E-state index contributed by atoms with van der Waals surface area (Å²) in [5, 5.41) is 53.3. The van der Waals surface area contributed by atoms with Crippen LogP contribution in [0.25, 0.3) is 10.9 Å². The summed E-state index contributed by atoms with van der Waals surface area (Å²) < 4.78 is 43.1. The lowest BCUT2D eigenvalue weighted by atomic mass is 9.94. The highest BCUT2D eigenvalue weighted by molar-refractivity contribution is 7.98. The fraction of sp³-hybridized carbons (Fsp3) is 0.667. The number of aromatic nitrogens is 1. The van der Waals surface area contributed by atoms with E-state index in [1.165, 1.54) is 25.8 Å². The van der Waals surface area contributed by atoms with Gasteiger partial charge >= 0.3 is 0 Å². The van der Waals surface area contributed by atoms with Gasteiger partial charge in [0.1, 0.15) is 41.0 Å². The quantitative estimate of drug-likeness (QED) is 0.0170. The lowest BCUT2D eigenvalue weighted by Gasteiger charge is -2.32. The van der Waals surface area contributed by atoms with Crippen LogP contribution >= 0.6 is 11.8 Å². The topological polar surface area (TPSA) is 509 Å². The van der Waals surface area contributed by atoms with Crippen molar-refractivity contribution in [2.24, 2.45) is 34.9 Å². The van der Waals surface area contributed by atoms with E-state index in [4.69, 9.17) is 46.7 Å². The maximum atomic E-state index is 15.2. The van der Waals surface area contributed by atoms with Gasteiger partial charge in [-0.3, -0.25) is 53.2 Å². The summed E-state index contributed by atoms with van der Waals surface area (Å²) in [6.45, 7) is 7.88. The molecule has 2 aliphatic rings. The number of aliphatic hydroxyl groups excluding tert-OH is 3. The minimum atomic E-state index is -2.32. The number of carbonyl (C=O) groups is 9. The second kappa shape index (κ2) is 41.0. The van der Waals surface area contributed by atoms with Crippen molar-refractivity contribution in [2.45, 2.75) is 119 Å². The zero-order chi connectivity index (χ0) is 67.9. The summed E-state index contributed by atoms with van der Waals surface area (Å²) in [6, 6.07) is -5.32. The number of fused-ring (bicyclic) bond motifs is 4. The molecule has 518 valence electrons. The summed E-state index contributed by atoms with van der Waals surface area (Å²) >= 11 is 1.43. The first-order valence-corrected chi connectivity index (χ1v) is 32.9. The van der Waals surface area contributed by atoms with Crippen LogP contribution in [0, 0.1) is 11.8 Å². The van der Waals surface area contributed by atoms with Crippen molar-refractivity contribution < 1.29 is 86.4 Å². The Balaban J connectivity index is 1.57. The van der Waals surface area contributed by atoms with Crippen molar-refractivity contribution in [3.8, 4) is 5.75 Å². The first kappa shape index (κ1) is 77.7. The molecule has 0 spiro atoms. The van der Waals surface area contributed by atoms with Crippen LogP contribution < -0.4 is 75.7 Å². The molecular formula is C57H95N15O18S2. The summed E-state index contributed by atoms with van der Waals surface area (Å²) in [7, 11) is -0.868. The van der Waals surface area contributed by atoms with E-state index in [0.717, 1.165) is 4.90 Å². The number of H-pyrrole nitrogens is 1. The number of aliphatic hydroxyl groups is 3. The number of hydrogen-bond acceptors (Lipinski definition) is 24. The van der Waals surface area contributed by atoms with Crippen LogP contribution in [0.1, 0.15) is 64.5 Å². The molecule has 33 nitrogen and oxygen atoms in total. The smallest absolute Gasteiger partial charge is 0.246 e. The van der Waals surface area contributed by atoms with E-state index in [0.29, 0.717) is 91.8 Å². The molecule has 9 amide bonds. The predicted octanol–water partition coefficient (Wildman–Crippen LogP) is -6.11. The van der Waals surface area contributed by atoms with Crippen LogP contribution in [0.3, 0.4) is 0 Å². The third kappa shape index (κ3) is 24.9. The third-order valence-electron chi connectivity index (χ3n) is 15.1. The second-order valence-electron chi connectivity index (χ2n) is 22.0. The number of carbonyl (C=O) groups excluding carboxylic acids is 9. The molecule has 1 aromatic carbocycles. The molecule has 2 aromatic rings. The minimum Gasteiger partial charge on any atom is -0.496 e. The number of rotatable bonds is 37. The average molecular weight is 1340 g/mol. The molecule has 0 bridgehead atoms. The van der Waals surface area contributed by atoms with Crippen molar-refractivity contribution in [3.05, 3.63) is 35.2 Å². The van der Waals surface area contributed by atoms with Gasteiger partial charge in [-0.15, -0.1) is 0 Å². The molecule has 4 rings (SSSR count). The molecule has 7 unspecified atom stereocenters. The Morgan fingerprint density at radius 1 is 0.880 bits per heavy atom. The first-order chi connectivity index (χ1) is 44.0. The van der Waals surface area contributed by atoms with Gasteiger partial charge in [0.05, 0.1) is 126 Å². The Hall–Kier alpha value is -6.77. The zero-order valence-corrected chi connectivity index (χ0v) is 54.4. The van der Waals surface area contributed by atoms with E-state index in [1.807, 2.05) is 0 Å². The molecule has 2 aliphatic heterocycles. The van der Waals surface area contributed by atoms with Gasteiger partial charge in [0.2, 0.25) is 53.2 Å². The molecule has 21 N–H and O–H groups in total. The molecule has 0 radical (unpaired) electrons. The van der Waals surface area contributed by atoms with Crippen LogP contribution in [0.15, 0.2) is 29.1 Å². The molecule has 0 saturated carbocycles. The second-order valence-corrected chi connectivity index (χ2v) is 24.5. The van der Waals surface area contributed by atoms with Crippen LogP contribution in [-0.2, 0) is 85.1 Å². The number of primary amides is 1. The van der Waals surface area contributed by atoms with E-state index in [9.17, 15) is 58.5 Å². The van der Waals surface area contributed by atoms with Crippen LogP contribution in [0.5, 0.6) is 5.75 Å². The number of nitrogens with one attached hydrogen (secondary N) is 10. The van der Waals surface area contributed by atoms with Gasteiger partial charge in [-0.2, -0.15) is 11.8 Å². The summed E-state index contributed by atoms with van der Waals surface area (Å²) in [5.41, 5.74) is 21.1. The molecule has 1 saturated heterocycles. The molecule has 3 heterocycles. The highest BCUT2D eigenvalue weighted by Crippen LogP contribution is 2.36. The molecule has 1 fully saturated rings. The zero-order valence-electron chi connectivity index (χ0n) is 52.8. The number of amides is 9. The van der Waals surface area contributed by atoms with Crippen molar-refractivity contribution >= 4 is 86.6 Å². The number of hydrogen-bond donors (Lipinski definition) is 17. The number of nitrogens with two attached hydrogens (primary N) is 4. The maximum absolute atomic E-state index is 15.2. The fourth-order valence-electron chi connectivity index (χ4n) is 9.82. The SMILES string of the molecule is CC[C@H](C)C(NC(=O)CN)C(=O)NCC(=O)NC1CS(=O)c2[nH]c3c(CSCCNC(=O)CCOCCOCCOCCOCCN/C=C(/CN)NN)c(OC)ccc3c2C[C@@H](C)NC(=O)C(C(C)C(O)CO)NC(=O)C2C[C@@H](O)CN2C(=O)[C@H](CC(N)=O)NC1=O. The van der Waals surface area contributed by atoms with Crippen molar-refractivity contribution in [3.63, 3.8) is 0 Å². The maximum Gasteiger partial charge on any atom is 0.246 e. The molecule has 35 heteroatoms. The normalized spacial score (nSPS) is 21.4. The molecule has 92 heavy (non-hydrogen) atoms. The number of ether oxygens (including phenoxy) is 5. The van der Waals surface area contributed by atoms with Gasteiger partial charge in [0, 0.05) is 79.6 Å². The minimum absolute atomic E-state index is 0.0205. The van der Waals surface area contributed by atoms with E-state index in [-0.39, 0.29) is 62.3 Å². The van der Waals surface area contributed by atoms with E-state index >= 15 is 4.21 Å². The molecule has 0 aliphatic carbocycles. The fourth-order valence-corrected chi connectivity index (χ4v) is 12.1. The Labute approximate surface area is 540 Å². The van der Waals surface area contributed by atoms with Gasteiger partial charge in [0.25, 0.3) is 0 Å². The van der Waals surface area contributed by atoms with Crippen molar-refractivity contribution in [1.29, 1.82) is 0 Å². The highest BCUT2D eigenvalue weighted by Gasteiger charge is 2.45. The highest BCUT2D eigenvalue weighted by atomic mass is 32.2. The van der Waals surface area contributed by atoms with Crippen molar-refractivity contribution in [2.75, 3.05) is 117 Å². The van der Waals surface area contributed by atoms with E-state index in [2.05, 4.69) is 52.9 Å². The number of aromatic amines is 1. The van der Waals surface area contributed by atoms with E-state index in [1.54, 1.807) is 39.1 Å². The molecular weight excluding hydrogens is 1250 g/mol. The third-order valence-corrected chi connectivity index (χ3v) is 17.5. The Morgan fingerprint density at radius 2 is 1.55 bits per heavy atom. The number of nitrogens with zero attached hydrogens (tertiary/aromatic N) is 1. The lowest BCUT2D eigenvalue weighted by Crippen LogP contribution is -2.61. The average Bonchev–Trinajstić information content (AvgIpc) is 1.61. The number of hydrazine groups is 1. The predicted molar refractivity (Wildman–Crippen MR) is 338 cm³/mol. The summed E-state index contributed by atoms with van der Waals surface area (Å²) in [6.07, 6.45) is -1.94. The van der Waals surface area contributed by atoms with Gasteiger partial charge in [0.15, 0.2) is 0 Å². The Morgan fingerprint density at radius 3 is 2.17 bits per heavy atom. The van der Waals surface area contributed by atoms with Crippen molar-refractivity contribution in [1.82, 2.24) is 57.8 Å². The Kier molecular flexibility index (Phi) is 34.7. The lowest BCUT2D eigenvalue weighted by molar-refractivity contribution is -0.144. The first-order valence-electron chi connectivity index (χ1n) is 30.4. The van der Waals surface area contributed by atoms with Crippen LogP contribution in [0.4, 0.5) is 0 Å². The van der Waals surface area contributed by atoms with Gasteiger partial charge in [-0.25, -0.2) is 0 Å². The van der Waals surface area contributed by atoms with E-state index < -0.39 is 157 Å². The Bertz CT molecular complexity index is 2810. The summed E-state index contributed by atoms with van der Waals surface area (Å²) in [4.78, 5) is 127. The van der Waals surface area contributed by atoms with Crippen LogP contribution in [0.2, 0.25) is 0 Å². The summed E-state index contributed by atoms with van der Waals surface area (Å²) in [5.74, 6) is -3.58. The molecule has 11 atom stereocenters. The largest absolute Gasteiger partial charge is 0.496 e. The number of methoxy groups -OCH3 is 1. The number of benzene rings is 1. The number of thioether (sulfide) groups is 1. The standard InChI is InChI=1S/C57H95N15O18S2/c1-6-32(2)49(68-47(78)25-59)54(82)64-27-48(79)66-41-31-92(85)56-38(21-33(3)65-55(83)50(34(4)43(75)29-73)69-53(81)42-22-36(74)28-72(42)57(84)40(23-45(60)76)67-52(41)80)37-7-8-44(86-5)39(51(37)70-56)30-91-20-11-63-46(77)9-12-87-14-16-89-18-19-90-17-15-88-13-10-62-26-35(24-58)71-61/h7-8,26,32-34,36,40-43,49-50,62,70-71,73-75H,6,9-25,27-31,58-59,61H2,1-5H3,(H2,60,76)(H,63,77)(H,64,82)(H,65,83)(H,66,79)(H,67,80)(H,68,78)(H,69,81)/b35-26-/t32-,33+,34?,36+,40-,41?,42?,43?,49?,50?,92?/m0/s1.